The summed E-state index contributed by atoms with van der Waals surface area (Å²) in [6.45, 7) is 6.95. The highest BCUT2D eigenvalue weighted by Gasteiger charge is 2.23. The molecule has 156 valence electrons. The first-order valence-corrected chi connectivity index (χ1v) is 11.1. The predicted octanol–water partition coefficient (Wildman–Crippen LogP) is 4.28. The Labute approximate surface area is 181 Å². The Hall–Kier alpha value is -2.99. The van der Waals surface area contributed by atoms with E-state index < -0.39 is 11.0 Å². The van der Waals surface area contributed by atoms with Gasteiger partial charge >= 0.3 is 0 Å². The summed E-state index contributed by atoms with van der Waals surface area (Å²) >= 11 is 0. The van der Waals surface area contributed by atoms with E-state index in [0.717, 1.165) is 22.4 Å². The van der Waals surface area contributed by atoms with Crippen molar-refractivity contribution in [2.75, 3.05) is 17.4 Å². The number of benzene rings is 2. The van der Waals surface area contributed by atoms with Crippen LogP contribution in [-0.4, -0.2) is 33.1 Å². The molecule has 1 atom stereocenters. The number of aryl methyl sites for hydroxylation is 2. The highest BCUT2D eigenvalue weighted by molar-refractivity contribution is 7.86. The third-order valence-corrected chi connectivity index (χ3v) is 6.49. The average molecular weight is 422 g/mol. The van der Waals surface area contributed by atoms with Gasteiger partial charge in [0, 0.05) is 25.5 Å². The number of anilines is 1. The monoisotopic (exact) mass is 421 g/mol. The van der Waals surface area contributed by atoms with E-state index in [9.17, 15) is 9.00 Å². The summed E-state index contributed by atoms with van der Waals surface area (Å²) in [5.74, 6) is -0.0798. The maximum atomic E-state index is 13.5. The van der Waals surface area contributed by atoms with Crippen molar-refractivity contribution in [2.24, 2.45) is 0 Å². The van der Waals surface area contributed by atoms with Crippen LogP contribution in [0.25, 0.3) is 0 Å². The van der Waals surface area contributed by atoms with Crippen LogP contribution in [0.4, 0.5) is 5.69 Å². The van der Waals surface area contributed by atoms with Gasteiger partial charge < -0.3 is 4.90 Å². The average Bonchev–Trinajstić information content (AvgIpc) is 2.77. The molecule has 30 heavy (non-hydrogen) atoms. The minimum atomic E-state index is -1.50. The van der Waals surface area contributed by atoms with Crippen molar-refractivity contribution < 1.29 is 9.00 Å². The number of amides is 1. The second-order valence-electron chi connectivity index (χ2n) is 7.16. The number of likely N-dealkylation sites (N-methyl/N-ethyl adjacent to an activating group) is 1. The molecule has 5 nitrogen and oxygen atoms in total. The zero-order valence-electron chi connectivity index (χ0n) is 17.6. The zero-order chi connectivity index (χ0) is 21.5. The van der Waals surface area contributed by atoms with Gasteiger partial charge in [0.25, 0.3) is 0 Å². The number of aromatic nitrogens is 1. The Morgan fingerprint density at radius 2 is 1.73 bits per heavy atom. The van der Waals surface area contributed by atoms with Gasteiger partial charge in [0.1, 0.15) is 6.54 Å². The molecule has 0 saturated heterocycles. The molecule has 0 bridgehead atoms. The number of carbonyl (C=O) groups is 1. The smallest absolute Gasteiger partial charge is 0.243 e. The standard InChI is InChI=1S/C24H27N3O2S/c1-4-26(17-21-9-7-15-25-16-21)24(28)18-27(22-13-11-19(2)12-14-22)30(29)23-10-6-5-8-20(23)3/h5-16H,4,17-18H2,1-3H3. The zero-order valence-corrected chi connectivity index (χ0v) is 18.4. The summed E-state index contributed by atoms with van der Waals surface area (Å²) in [5.41, 5.74) is 3.77. The minimum Gasteiger partial charge on any atom is -0.337 e. The van der Waals surface area contributed by atoms with E-state index in [1.165, 1.54) is 0 Å². The molecule has 1 amide bonds. The van der Waals surface area contributed by atoms with Gasteiger partial charge in [-0.05, 0) is 56.2 Å². The Kier molecular flexibility index (Phi) is 7.36. The fourth-order valence-electron chi connectivity index (χ4n) is 3.14. The van der Waals surface area contributed by atoms with Crippen LogP contribution in [0.15, 0.2) is 78.0 Å². The molecular weight excluding hydrogens is 394 g/mol. The number of rotatable bonds is 8. The van der Waals surface area contributed by atoms with Crippen LogP contribution in [0.2, 0.25) is 0 Å². The number of nitrogens with zero attached hydrogens (tertiary/aromatic N) is 3. The molecule has 0 aliphatic heterocycles. The molecule has 6 heteroatoms. The van der Waals surface area contributed by atoms with Gasteiger partial charge in [-0.15, -0.1) is 0 Å². The van der Waals surface area contributed by atoms with Gasteiger partial charge in [-0.3, -0.25) is 14.1 Å². The van der Waals surface area contributed by atoms with Crippen LogP contribution >= 0.6 is 0 Å². The Bertz CT molecular complexity index is 1010. The van der Waals surface area contributed by atoms with Gasteiger partial charge in [0.15, 0.2) is 11.0 Å². The van der Waals surface area contributed by atoms with Crippen LogP contribution in [0.1, 0.15) is 23.6 Å². The summed E-state index contributed by atoms with van der Waals surface area (Å²) < 4.78 is 15.2. The third kappa shape index (κ3) is 5.33. The maximum absolute atomic E-state index is 13.5. The Morgan fingerprint density at radius 3 is 2.37 bits per heavy atom. The van der Waals surface area contributed by atoms with Gasteiger partial charge in [0.05, 0.1) is 10.6 Å². The van der Waals surface area contributed by atoms with Crippen molar-refractivity contribution in [3.05, 3.63) is 89.7 Å². The molecule has 0 aliphatic rings. The summed E-state index contributed by atoms with van der Waals surface area (Å²) in [5, 5.41) is 0. The van der Waals surface area contributed by atoms with Crippen molar-refractivity contribution in [1.29, 1.82) is 0 Å². The largest absolute Gasteiger partial charge is 0.337 e. The van der Waals surface area contributed by atoms with Crippen molar-refractivity contribution in [3.63, 3.8) is 0 Å². The van der Waals surface area contributed by atoms with E-state index in [1.807, 2.05) is 81.4 Å². The van der Waals surface area contributed by atoms with Gasteiger partial charge in [-0.1, -0.05) is 42.0 Å². The third-order valence-electron chi connectivity index (χ3n) is 4.91. The van der Waals surface area contributed by atoms with E-state index in [0.29, 0.717) is 18.0 Å². The molecule has 1 heterocycles. The number of pyridine rings is 1. The van der Waals surface area contributed by atoms with Gasteiger partial charge in [-0.2, -0.15) is 0 Å². The highest BCUT2D eigenvalue weighted by Crippen LogP contribution is 2.23. The minimum absolute atomic E-state index is 0.0259. The van der Waals surface area contributed by atoms with Crippen molar-refractivity contribution in [2.45, 2.75) is 32.2 Å². The molecule has 0 fully saturated rings. The lowest BCUT2D eigenvalue weighted by Crippen LogP contribution is -2.41. The Morgan fingerprint density at radius 1 is 1.00 bits per heavy atom. The molecule has 0 aliphatic carbocycles. The van der Waals surface area contributed by atoms with Crippen molar-refractivity contribution >= 4 is 22.6 Å². The summed E-state index contributed by atoms with van der Waals surface area (Å²) in [7, 11) is -1.50. The lowest BCUT2D eigenvalue weighted by molar-refractivity contribution is -0.129. The van der Waals surface area contributed by atoms with Gasteiger partial charge in [0.2, 0.25) is 5.91 Å². The summed E-state index contributed by atoms with van der Waals surface area (Å²) in [4.78, 5) is 19.8. The first-order valence-electron chi connectivity index (χ1n) is 9.98. The fourth-order valence-corrected chi connectivity index (χ4v) is 4.46. The maximum Gasteiger partial charge on any atom is 0.243 e. The quantitative estimate of drug-likeness (QED) is 0.546. The lowest BCUT2D eigenvalue weighted by Gasteiger charge is -2.28. The van der Waals surface area contributed by atoms with E-state index in [4.69, 9.17) is 0 Å². The molecule has 0 radical (unpaired) electrons. The number of hydrogen-bond donors (Lipinski definition) is 0. The first-order chi connectivity index (χ1) is 14.5. The van der Waals surface area contributed by atoms with E-state index in [2.05, 4.69) is 4.98 Å². The van der Waals surface area contributed by atoms with E-state index in [1.54, 1.807) is 21.6 Å². The molecular formula is C24H27N3O2S. The molecule has 0 spiro atoms. The first kappa shape index (κ1) is 21.7. The van der Waals surface area contributed by atoms with Crippen LogP contribution in [0.3, 0.4) is 0 Å². The van der Waals surface area contributed by atoms with E-state index >= 15 is 0 Å². The fraction of sp³-hybridized carbons (Fsp3) is 0.250. The van der Waals surface area contributed by atoms with Crippen LogP contribution in [0, 0.1) is 13.8 Å². The van der Waals surface area contributed by atoms with Gasteiger partial charge in [-0.25, -0.2) is 4.21 Å². The highest BCUT2D eigenvalue weighted by atomic mass is 32.2. The second kappa shape index (κ2) is 10.2. The topological polar surface area (TPSA) is 53.5 Å². The van der Waals surface area contributed by atoms with Crippen LogP contribution in [0.5, 0.6) is 0 Å². The second-order valence-corrected chi connectivity index (χ2v) is 8.53. The molecule has 1 aromatic heterocycles. The molecule has 1 unspecified atom stereocenters. The number of hydrogen-bond acceptors (Lipinski definition) is 3. The van der Waals surface area contributed by atoms with E-state index in [-0.39, 0.29) is 12.5 Å². The molecule has 3 aromatic rings. The summed E-state index contributed by atoms with van der Waals surface area (Å²) in [6.07, 6.45) is 3.48. The molecule has 3 rings (SSSR count). The predicted molar refractivity (Wildman–Crippen MR) is 121 cm³/mol. The molecule has 2 aromatic carbocycles. The number of carbonyl (C=O) groups excluding carboxylic acids is 1. The molecule has 0 N–H and O–H groups in total. The van der Waals surface area contributed by atoms with Crippen molar-refractivity contribution in [3.8, 4) is 0 Å². The Balaban J connectivity index is 1.88. The molecule has 0 saturated carbocycles. The normalized spacial score (nSPS) is 11.7. The summed E-state index contributed by atoms with van der Waals surface area (Å²) in [6, 6.07) is 19.1. The van der Waals surface area contributed by atoms with Crippen LogP contribution < -0.4 is 4.31 Å². The van der Waals surface area contributed by atoms with Crippen LogP contribution in [-0.2, 0) is 22.3 Å². The lowest BCUT2D eigenvalue weighted by atomic mass is 10.2. The van der Waals surface area contributed by atoms with Crippen molar-refractivity contribution in [1.82, 2.24) is 9.88 Å². The SMILES string of the molecule is CCN(Cc1cccnc1)C(=O)CN(c1ccc(C)cc1)S(=O)c1ccccc1C.